The van der Waals surface area contributed by atoms with Crippen LogP contribution in [0.1, 0.15) is 35.7 Å². The third-order valence-corrected chi connectivity index (χ3v) is 5.88. The molecule has 2 aromatic heterocycles. The average Bonchev–Trinajstić information content (AvgIpc) is 3.34. The molecule has 1 saturated heterocycles. The third-order valence-electron chi connectivity index (χ3n) is 5.88. The summed E-state index contributed by atoms with van der Waals surface area (Å²) >= 11 is 0. The van der Waals surface area contributed by atoms with Gasteiger partial charge in [-0.3, -0.25) is 4.79 Å². The van der Waals surface area contributed by atoms with Gasteiger partial charge in [-0.1, -0.05) is 6.92 Å². The van der Waals surface area contributed by atoms with Crippen molar-refractivity contribution in [2.45, 2.75) is 32.0 Å². The Morgan fingerprint density at radius 2 is 1.88 bits per heavy atom. The van der Waals surface area contributed by atoms with E-state index in [1.165, 1.54) is 29.4 Å². The molecule has 1 amide bonds. The molecule has 2 unspecified atom stereocenters. The van der Waals surface area contributed by atoms with Crippen LogP contribution in [-0.4, -0.2) is 49.9 Å². The highest BCUT2D eigenvalue weighted by Gasteiger charge is 2.36. The zero-order valence-electron chi connectivity index (χ0n) is 18.1. The fourth-order valence-electron chi connectivity index (χ4n) is 4.08. The lowest BCUT2D eigenvalue weighted by Gasteiger charge is -2.40. The van der Waals surface area contributed by atoms with E-state index < -0.39 is 40.9 Å². The van der Waals surface area contributed by atoms with Gasteiger partial charge in [0.1, 0.15) is 17.1 Å². The number of benzene rings is 1. The Hall–Kier alpha value is -3.57. The van der Waals surface area contributed by atoms with Gasteiger partial charge in [0.25, 0.3) is 5.91 Å². The molecule has 1 fully saturated rings. The molecule has 4 rings (SSSR count). The summed E-state index contributed by atoms with van der Waals surface area (Å²) in [5.74, 6) is -3.00. The Kier molecular flexibility index (Phi) is 6.49. The minimum absolute atomic E-state index is 0.00300. The van der Waals surface area contributed by atoms with Crippen LogP contribution in [0.15, 0.2) is 42.9 Å². The summed E-state index contributed by atoms with van der Waals surface area (Å²) in [5.41, 5.74) is -1.35. The van der Waals surface area contributed by atoms with E-state index in [0.29, 0.717) is 13.0 Å². The molecule has 2 atom stereocenters. The average molecular weight is 480 g/mol. The highest BCUT2D eigenvalue weighted by molar-refractivity contribution is 5.98. The molecule has 1 aliphatic heterocycles. The number of aromatic nitrogens is 4. The van der Waals surface area contributed by atoms with Crippen LogP contribution in [0.2, 0.25) is 0 Å². The van der Waals surface area contributed by atoms with Gasteiger partial charge in [-0.25, -0.2) is 13.8 Å². The molecule has 34 heavy (non-hydrogen) atoms. The minimum atomic E-state index is -4.50. The first kappa shape index (κ1) is 23.6. The number of likely N-dealkylation sites (tertiary alicyclic amines) is 1. The van der Waals surface area contributed by atoms with Crippen molar-refractivity contribution < 1.29 is 26.7 Å². The molecule has 3 heterocycles. The Balaban J connectivity index is 1.59. The van der Waals surface area contributed by atoms with Crippen molar-refractivity contribution in [2.24, 2.45) is 5.92 Å². The van der Waals surface area contributed by atoms with Crippen molar-refractivity contribution in [3.8, 4) is 5.69 Å². The monoisotopic (exact) mass is 480 g/mol. The summed E-state index contributed by atoms with van der Waals surface area (Å²) in [4.78, 5) is 19.8. The molecule has 1 N–H and O–H groups in total. The first-order valence-electron chi connectivity index (χ1n) is 10.6. The van der Waals surface area contributed by atoms with Crippen LogP contribution in [0, 0.1) is 17.6 Å². The molecule has 180 valence electrons. The molecule has 3 aromatic rings. The smallest absolute Gasteiger partial charge is 0.368 e. The van der Waals surface area contributed by atoms with E-state index in [1.807, 2.05) is 6.92 Å². The van der Waals surface area contributed by atoms with Crippen molar-refractivity contribution in [1.29, 1.82) is 0 Å². The number of carbonyl (C=O) groups is 1. The number of rotatable bonds is 5. The van der Waals surface area contributed by atoms with Crippen LogP contribution in [-0.2, 0) is 6.18 Å². The number of amides is 1. The van der Waals surface area contributed by atoms with Crippen LogP contribution < -0.4 is 5.32 Å². The van der Waals surface area contributed by atoms with E-state index in [-0.39, 0.29) is 24.0 Å². The number of hydrogen-bond donors (Lipinski definition) is 1. The van der Waals surface area contributed by atoms with Gasteiger partial charge in [0.2, 0.25) is 0 Å². The molecule has 12 heteroatoms. The summed E-state index contributed by atoms with van der Waals surface area (Å²) in [7, 11) is 0. The number of nitrogens with one attached hydrogen (secondary N) is 1. The van der Waals surface area contributed by atoms with E-state index in [0.717, 1.165) is 29.5 Å². The summed E-state index contributed by atoms with van der Waals surface area (Å²) in [6, 6.07) is 3.81. The topological polar surface area (TPSA) is 75.9 Å². The van der Waals surface area contributed by atoms with Crippen LogP contribution in [0.4, 0.5) is 27.8 Å². The minimum Gasteiger partial charge on any atom is -0.368 e. The Morgan fingerprint density at radius 1 is 1.15 bits per heavy atom. The van der Waals surface area contributed by atoms with Crippen LogP contribution in [0.25, 0.3) is 5.69 Å². The van der Waals surface area contributed by atoms with Gasteiger partial charge < -0.3 is 10.2 Å². The van der Waals surface area contributed by atoms with Crippen LogP contribution in [0.5, 0.6) is 0 Å². The number of anilines is 1. The quantitative estimate of drug-likeness (QED) is 0.551. The van der Waals surface area contributed by atoms with E-state index >= 15 is 0 Å². The molecule has 0 saturated carbocycles. The van der Waals surface area contributed by atoms with Crippen molar-refractivity contribution in [2.75, 3.05) is 18.4 Å². The number of carbonyl (C=O) groups excluding carboxylic acids is 1. The molecule has 0 radical (unpaired) electrons. The molecule has 0 spiro atoms. The largest absolute Gasteiger partial charge is 0.417 e. The van der Waals surface area contributed by atoms with Gasteiger partial charge in [-0.2, -0.15) is 28.2 Å². The molecule has 0 bridgehead atoms. The van der Waals surface area contributed by atoms with Gasteiger partial charge >= 0.3 is 6.18 Å². The van der Waals surface area contributed by atoms with Crippen molar-refractivity contribution in [3.05, 3.63) is 65.6 Å². The predicted octanol–water partition coefficient (Wildman–Crippen LogP) is 4.31. The Morgan fingerprint density at radius 3 is 2.53 bits per heavy atom. The van der Waals surface area contributed by atoms with E-state index in [1.54, 1.807) is 0 Å². The maximum atomic E-state index is 14.9. The molecule has 7 nitrogen and oxygen atoms in total. The van der Waals surface area contributed by atoms with Crippen molar-refractivity contribution in [3.63, 3.8) is 0 Å². The highest BCUT2D eigenvalue weighted by atomic mass is 19.4. The van der Waals surface area contributed by atoms with Gasteiger partial charge in [-0.05, 0) is 43.0 Å². The first-order valence-corrected chi connectivity index (χ1v) is 10.6. The Bertz CT molecular complexity index is 1150. The van der Waals surface area contributed by atoms with Gasteiger partial charge in [0.15, 0.2) is 11.6 Å². The van der Waals surface area contributed by atoms with E-state index in [4.69, 9.17) is 0 Å². The second kappa shape index (κ2) is 9.35. The predicted molar refractivity (Wildman–Crippen MR) is 112 cm³/mol. The maximum absolute atomic E-state index is 14.9. The molecular formula is C22H21F5N6O. The standard InChI is InChI=1S/C22H21F5N6O/c1-13-3-2-10-32(17(13)12-29-18-7-4-14(11-28-18)22(25,26)27)21(34)19-16(33-30-8-9-31-33)6-5-15(23)20(19)24/h4-9,11,13,17H,2-3,10,12H2,1H3,(H,28,29). The van der Waals surface area contributed by atoms with Gasteiger partial charge in [0.05, 0.1) is 24.0 Å². The molecule has 0 aliphatic carbocycles. The maximum Gasteiger partial charge on any atom is 0.417 e. The van der Waals surface area contributed by atoms with Gasteiger partial charge in [-0.15, -0.1) is 0 Å². The zero-order valence-corrected chi connectivity index (χ0v) is 18.1. The van der Waals surface area contributed by atoms with Crippen molar-refractivity contribution >= 4 is 11.7 Å². The van der Waals surface area contributed by atoms with Gasteiger partial charge in [0, 0.05) is 19.3 Å². The molecular weight excluding hydrogens is 459 g/mol. The number of piperidine rings is 1. The van der Waals surface area contributed by atoms with Crippen LogP contribution in [0.3, 0.4) is 0 Å². The number of halogens is 5. The second-order valence-corrected chi connectivity index (χ2v) is 8.07. The summed E-state index contributed by atoms with van der Waals surface area (Å²) < 4.78 is 67.3. The lowest BCUT2D eigenvalue weighted by molar-refractivity contribution is -0.137. The third kappa shape index (κ3) is 4.70. The normalized spacial score (nSPS) is 18.7. The summed E-state index contributed by atoms with van der Waals surface area (Å²) in [5, 5.41) is 10.8. The SMILES string of the molecule is CC1CCCN(C(=O)c2c(-n3nccn3)ccc(F)c2F)C1CNc1ccc(C(F)(F)F)cn1. The van der Waals surface area contributed by atoms with E-state index in [2.05, 4.69) is 20.5 Å². The van der Waals surface area contributed by atoms with Crippen LogP contribution >= 0.6 is 0 Å². The molecule has 1 aliphatic rings. The summed E-state index contributed by atoms with van der Waals surface area (Å²) in [6.07, 6.45) is 0.373. The molecule has 1 aromatic carbocycles. The van der Waals surface area contributed by atoms with Crippen molar-refractivity contribution in [1.82, 2.24) is 24.9 Å². The number of nitrogens with zero attached hydrogens (tertiary/aromatic N) is 5. The lowest BCUT2D eigenvalue weighted by atomic mass is 9.90. The summed E-state index contributed by atoms with van der Waals surface area (Å²) in [6.45, 7) is 2.39. The lowest BCUT2D eigenvalue weighted by Crippen LogP contribution is -2.51. The second-order valence-electron chi connectivity index (χ2n) is 8.07. The Labute approximate surface area is 191 Å². The number of pyridine rings is 1. The fourth-order valence-corrected chi connectivity index (χ4v) is 4.08. The first-order chi connectivity index (χ1) is 16.2. The number of hydrogen-bond acceptors (Lipinski definition) is 5. The fraction of sp³-hybridized carbons (Fsp3) is 0.364. The highest BCUT2D eigenvalue weighted by Crippen LogP contribution is 2.30. The zero-order chi connectivity index (χ0) is 24.5. The number of alkyl halides is 3. The van der Waals surface area contributed by atoms with E-state index in [9.17, 15) is 26.7 Å².